The summed E-state index contributed by atoms with van der Waals surface area (Å²) >= 11 is 0. The minimum Gasteiger partial charge on any atom is -0.365 e. The highest BCUT2D eigenvalue weighted by Crippen LogP contribution is 2.25. The fourth-order valence-electron chi connectivity index (χ4n) is 3.37. The van der Waals surface area contributed by atoms with Crippen LogP contribution in [0.2, 0.25) is 0 Å². The lowest BCUT2D eigenvalue weighted by Gasteiger charge is -2.42. The summed E-state index contributed by atoms with van der Waals surface area (Å²) in [5.41, 5.74) is 3.74. The molecule has 148 valence electrons. The lowest BCUT2D eigenvalue weighted by molar-refractivity contribution is -0.132. The summed E-state index contributed by atoms with van der Waals surface area (Å²) in [5.74, 6) is -0.296. The zero-order chi connectivity index (χ0) is 20.0. The monoisotopic (exact) mass is 374 g/mol. The summed E-state index contributed by atoms with van der Waals surface area (Å²) < 4.78 is 0. The van der Waals surface area contributed by atoms with E-state index >= 15 is 0 Å². The first-order valence-corrected chi connectivity index (χ1v) is 9.45. The van der Waals surface area contributed by atoms with E-state index in [9.17, 15) is 14.4 Å². The van der Waals surface area contributed by atoms with E-state index in [1.807, 2.05) is 4.90 Å². The maximum Gasteiger partial charge on any atom is 0.321 e. The van der Waals surface area contributed by atoms with Gasteiger partial charge in [0.1, 0.15) is 0 Å². The van der Waals surface area contributed by atoms with Crippen LogP contribution in [0, 0.1) is 13.8 Å². The summed E-state index contributed by atoms with van der Waals surface area (Å²) in [6.45, 7) is 10.2. The van der Waals surface area contributed by atoms with Crippen molar-refractivity contribution >= 4 is 23.5 Å². The Balaban J connectivity index is 1.79. The van der Waals surface area contributed by atoms with Crippen molar-refractivity contribution < 1.29 is 14.4 Å². The smallest absolute Gasteiger partial charge is 0.321 e. The molecule has 0 spiro atoms. The number of amides is 4. The second kappa shape index (κ2) is 9.39. The topological polar surface area (TPSA) is 81.8 Å². The fraction of sp³-hybridized carbons (Fsp3) is 0.550. The Kier molecular flexibility index (Phi) is 7.21. The van der Waals surface area contributed by atoms with Crippen molar-refractivity contribution in [3.8, 4) is 0 Å². The van der Waals surface area contributed by atoms with E-state index in [4.69, 9.17) is 0 Å². The van der Waals surface area contributed by atoms with Gasteiger partial charge in [-0.2, -0.15) is 0 Å². The average Bonchev–Trinajstić information content (AvgIpc) is 2.60. The number of nitrogens with zero attached hydrogens (tertiary/aromatic N) is 2. The fourth-order valence-corrected chi connectivity index (χ4v) is 3.37. The molecule has 2 N–H and O–H groups in total. The van der Waals surface area contributed by atoms with Gasteiger partial charge in [0.05, 0.1) is 0 Å². The molecule has 7 nitrogen and oxygen atoms in total. The van der Waals surface area contributed by atoms with Crippen molar-refractivity contribution in [2.75, 3.05) is 31.1 Å². The third kappa shape index (κ3) is 5.98. The van der Waals surface area contributed by atoms with E-state index in [1.54, 1.807) is 0 Å². The number of carbonyl (C=O) groups excluding carboxylic acids is 3. The molecule has 1 aliphatic heterocycles. The van der Waals surface area contributed by atoms with Crippen LogP contribution >= 0.6 is 0 Å². The Morgan fingerprint density at radius 1 is 1.19 bits per heavy atom. The summed E-state index contributed by atoms with van der Waals surface area (Å²) in [4.78, 5) is 38.8. The van der Waals surface area contributed by atoms with Gasteiger partial charge in [-0.05, 0) is 44.4 Å². The molecule has 2 rings (SSSR count). The molecule has 0 saturated carbocycles. The largest absolute Gasteiger partial charge is 0.365 e. The molecule has 1 heterocycles. The Bertz CT molecular complexity index is 704. The van der Waals surface area contributed by atoms with Crippen molar-refractivity contribution in [1.82, 2.24) is 15.5 Å². The molecule has 1 aliphatic rings. The Hall–Kier alpha value is -2.57. The van der Waals surface area contributed by atoms with Gasteiger partial charge in [-0.3, -0.25) is 14.9 Å². The molecule has 1 aromatic carbocycles. The van der Waals surface area contributed by atoms with Crippen LogP contribution in [0.4, 0.5) is 10.5 Å². The summed E-state index contributed by atoms with van der Waals surface area (Å²) in [7, 11) is 0. The number of imide groups is 1. The number of carbonyl (C=O) groups is 3. The minimum atomic E-state index is -0.522. The van der Waals surface area contributed by atoms with E-state index in [1.165, 1.54) is 23.7 Å². The SMILES string of the molecule is CC(=O)NC(=O)NCCCC(=O)N1CCN(c2cc(C)ccc2C)[C@@H](C)C1. The molecule has 0 radical (unpaired) electrons. The van der Waals surface area contributed by atoms with Crippen LogP contribution in [0.3, 0.4) is 0 Å². The predicted octanol–water partition coefficient (Wildman–Crippen LogP) is 1.97. The number of urea groups is 1. The second-order valence-electron chi connectivity index (χ2n) is 7.21. The van der Waals surface area contributed by atoms with E-state index in [2.05, 4.69) is 54.5 Å². The third-order valence-electron chi connectivity index (χ3n) is 4.80. The van der Waals surface area contributed by atoms with E-state index in [0.717, 1.165) is 6.54 Å². The van der Waals surface area contributed by atoms with E-state index in [-0.39, 0.29) is 11.9 Å². The second-order valence-corrected chi connectivity index (χ2v) is 7.21. The summed E-state index contributed by atoms with van der Waals surface area (Å²) in [6, 6.07) is 6.20. The number of rotatable bonds is 5. The van der Waals surface area contributed by atoms with Gasteiger partial charge < -0.3 is 15.1 Å². The van der Waals surface area contributed by atoms with Gasteiger partial charge in [-0.1, -0.05) is 12.1 Å². The first-order valence-electron chi connectivity index (χ1n) is 9.45. The number of hydrogen-bond acceptors (Lipinski definition) is 4. The lowest BCUT2D eigenvalue weighted by Crippen LogP contribution is -2.54. The molecule has 1 fully saturated rings. The van der Waals surface area contributed by atoms with Crippen LogP contribution < -0.4 is 15.5 Å². The summed E-state index contributed by atoms with van der Waals surface area (Å²) in [6.07, 6.45) is 0.937. The average molecular weight is 374 g/mol. The van der Waals surface area contributed by atoms with Gasteiger partial charge in [-0.25, -0.2) is 4.79 Å². The van der Waals surface area contributed by atoms with Crippen molar-refractivity contribution in [3.63, 3.8) is 0 Å². The lowest BCUT2D eigenvalue weighted by atomic mass is 10.1. The third-order valence-corrected chi connectivity index (χ3v) is 4.80. The number of benzene rings is 1. The van der Waals surface area contributed by atoms with E-state index in [0.29, 0.717) is 32.5 Å². The van der Waals surface area contributed by atoms with Gasteiger partial charge in [0.25, 0.3) is 0 Å². The molecule has 0 aliphatic carbocycles. The molecule has 7 heteroatoms. The van der Waals surface area contributed by atoms with Crippen LogP contribution in [-0.4, -0.2) is 55.0 Å². The van der Waals surface area contributed by atoms with Crippen molar-refractivity contribution in [2.45, 2.75) is 46.6 Å². The van der Waals surface area contributed by atoms with Crippen LogP contribution in [0.25, 0.3) is 0 Å². The highest BCUT2D eigenvalue weighted by Gasteiger charge is 2.27. The molecule has 0 bridgehead atoms. The summed E-state index contributed by atoms with van der Waals surface area (Å²) in [5, 5.41) is 4.71. The molecular weight excluding hydrogens is 344 g/mol. The van der Waals surface area contributed by atoms with E-state index < -0.39 is 11.9 Å². The van der Waals surface area contributed by atoms with Crippen LogP contribution in [0.15, 0.2) is 18.2 Å². The normalized spacial score (nSPS) is 16.8. The van der Waals surface area contributed by atoms with Gasteiger partial charge >= 0.3 is 6.03 Å². The number of piperazine rings is 1. The quantitative estimate of drug-likeness (QED) is 0.772. The first-order chi connectivity index (χ1) is 12.8. The zero-order valence-corrected chi connectivity index (χ0v) is 16.7. The molecule has 4 amide bonds. The molecular formula is C20H30N4O3. The van der Waals surface area contributed by atoms with Gasteiger partial charge in [-0.15, -0.1) is 0 Å². The van der Waals surface area contributed by atoms with Crippen LogP contribution in [0.5, 0.6) is 0 Å². The minimum absolute atomic E-state index is 0.108. The number of anilines is 1. The number of aryl methyl sites for hydroxylation is 2. The van der Waals surface area contributed by atoms with Crippen LogP contribution in [0.1, 0.15) is 37.8 Å². The predicted molar refractivity (Wildman–Crippen MR) is 106 cm³/mol. The standard InChI is InChI=1S/C20H30N4O3/c1-14-7-8-15(2)18(12-14)24-11-10-23(13-16(24)3)19(26)6-5-9-21-20(27)22-17(4)25/h7-8,12,16H,5-6,9-11,13H2,1-4H3,(H2,21,22,25,27)/t16-/m0/s1. The molecule has 1 atom stereocenters. The van der Waals surface area contributed by atoms with Crippen molar-refractivity contribution in [3.05, 3.63) is 29.3 Å². The molecule has 27 heavy (non-hydrogen) atoms. The number of hydrogen-bond donors (Lipinski definition) is 2. The van der Waals surface area contributed by atoms with Crippen molar-refractivity contribution in [1.29, 1.82) is 0 Å². The zero-order valence-electron chi connectivity index (χ0n) is 16.7. The first kappa shape index (κ1) is 20.7. The van der Waals surface area contributed by atoms with Gasteiger partial charge in [0.2, 0.25) is 11.8 Å². The Labute approximate surface area is 161 Å². The molecule has 1 aromatic rings. The Morgan fingerprint density at radius 3 is 2.59 bits per heavy atom. The number of nitrogens with one attached hydrogen (secondary N) is 2. The Morgan fingerprint density at radius 2 is 1.93 bits per heavy atom. The molecule has 0 aromatic heterocycles. The highest BCUT2D eigenvalue weighted by molar-refractivity contribution is 5.92. The van der Waals surface area contributed by atoms with Gasteiger partial charge in [0, 0.05) is 51.3 Å². The maximum atomic E-state index is 12.5. The maximum absolute atomic E-state index is 12.5. The molecule has 0 unspecified atom stereocenters. The molecule has 1 saturated heterocycles. The van der Waals surface area contributed by atoms with Gasteiger partial charge in [0.15, 0.2) is 0 Å². The van der Waals surface area contributed by atoms with Crippen LogP contribution in [-0.2, 0) is 9.59 Å². The highest BCUT2D eigenvalue weighted by atomic mass is 16.2. The van der Waals surface area contributed by atoms with Crippen molar-refractivity contribution in [2.24, 2.45) is 0 Å².